The van der Waals surface area contributed by atoms with Gasteiger partial charge in [0.1, 0.15) is 24.7 Å². The van der Waals surface area contributed by atoms with E-state index >= 15 is 0 Å². The van der Waals surface area contributed by atoms with Gasteiger partial charge < -0.3 is 25.4 Å². The maximum absolute atomic E-state index is 13.8. The van der Waals surface area contributed by atoms with E-state index in [1.807, 2.05) is 79.4 Å². The zero-order valence-electron chi connectivity index (χ0n) is 28.2. The molecule has 0 saturated carbocycles. The molecule has 258 valence electrons. The first-order chi connectivity index (χ1) is 23.2. The molecule has 2 aromatic rings. The van der Waals surface area contributed by atoms with Gasteiger partial charge in [-0.05, 0) is 41.9 Å². The first-order valence-electron chi connectivity index (χ1n) is 16.6. The Morgan fingerprint density at radius 2 is 1.46 bits per heavy atom. The third kappa shape index (κ3) is 13.7. The number of carbonyl (C=O) groups excluding carboxylic acids is 4. The van der Waals surface area contributed by atoms with E-state index in [4.69, 9.17) is 9.47 Å². The highest BCUT2D eigenvalue weighted by molar-refractivity contribution is 5.93. The molecule has 1 aliphatic heterocycles. The van der Waals surface area contributed by atoms with Crippen molar-refractivity contribution in [3.05, 3.63) is 109 Å². The second-order valence-corrected chi connectivity index (χ2v) is 12.3. The van der Waals surface area contributed by atoms with Gasteiger partial charge in [-0.2, -0.15) is 0 Å². The molecule has 10 heteroatoms. The van der Waals surface area contributed by atoms with Crippen molar-refractivity contribution in [2.24, 2.45) is 5.92 Å². The standard InChI is InChI=1S/C38H50N4O6/c1-5-13-29(6-2)27-48-38(46)34(25-31-16-11-8-12-17-31)41-37(45)33(24-28(3)4)40-36(44)32(19-18-30-14-9-7-10-15-30)39-35(43)26-42-20-22-47-23-21-42/h5-17,28,32-34H,1-2,18-27H2,3-4H3,(H,39,43)(H,40,44)(H,41,45)/b29-13+/t32-,33?,34-/m0/s1. The summed E-state index contributed by atoms with van der Waals surface area (Å²) in [5.41, 5.74) is 2.52. The molecule has 3 amide bonds. The summed E-state index contributed by atoms with van der Waals surface area (Å²) in [4.78, 5) is 56.0. The fourth-order valence-corrected chi connectivity index (χ4v) is 5.30. The zero-order chi connectivity index (χ0) is 34.7. The topological polar surface area (TPSA) is 126 Å². The molecular formula is C38H50N4O6. The van der Waals surface area contributed by atoms with Crippen LogP contribution in [0.5, 0.6) is 0 Å². The van der Waals surface area contributed by atoms with Gasteiger partial charge in [0.05, 0.1) is 19.8 Å². The number of hydrogen-bond donors (Lipinski definition) is 3. The van der Waals surface area contributed by atoms with Crippen molar-refractivity contribution < 1.29 is 28.7 Å². The van der Waals surface area contributed by atoms with Crippen LogP contribution in [-0.2, 0) is 41.5 Å². The summed E-state index contributed by atoms with van der Waals surface area (Å²) < 4.78 is 10.9. The third-order valence-corrected chi connectivity index (χ3v) is 7.89. The molecule has 0 radical (unpaired) electrons. The molecule has 3 rings (SSSR count). The average molecular weight is 659 g/mol. The first-order valence-corrected chi connectivity index (χ1v) is 16.6. The molecule has 0 bridgehead atoms. The van der Waals surface area contributed by atoms with Crippen LogP contribution >= 0.6 is 0 Å². The number of morpholine rings is 1. The molecule has 2 aromatic carbocycles. The minimum atomic E-state index is -1.01. The van der Waals surface area contributed by atoms with Crippen molar-refractivity contribution in [2.75, 3.05) is 39.5 Å². The van der Waals surface area contributed by atoms with Crippen LogP contribution in [0.3, 0.4) is 0 Å². The Labute approximate surface area is 284 Å². The van der Waals surface area contributed by atoms with Crippen LogP contribution in [0.2, 0.25) is 0 Å². The van der Waals surface area contributed by atoms with Gasteiger partial charge in [-0.25, -0.2) is 4.79 Å². The molecule has 1 aliphatic rings. The molecule has 0 spiro atoms. The molecule has 0 aromatic heterocycles. The van der Waals surface area contributed by atoms with E-state index in [1.165, 1.54) is 0 Å². The van der Waals surface area contributed by atoms with Crippen LogP contribution in [0.15, 0.2) is 97.6 Å². The molecule has 48 heavy (non-hydrogen) atoms. The predicted octanol–water partition coefficient (Wildman–Crippen LogP) is 3.54. The Balaban J connectivity index is 1.77. The Morgan fingerprint density at radius 1 is 0.854 bits per heavy atom. The molecule has 1 saturated heterocycles. The number of allylic oxidation sites excluding steroid dienone is 2. The van der Waals surface area contributed by atoms with Crippen molar-refractivity contribution >= 4 is 23.7 Å². The second-order valence-electron chi connectivity index (χ2n) is 12.3. The quantitative estimate of drug-likeness (QED) is 0.156. The van der Waals surface area contributed by atoms with Gasteiger partial charge >= 0.3 is 5.97 Å². The summed E-state index contributed by atoms with van der Waals surface area (Å²) in [7, 11) is 0. The summed E-state index contributed by atoms with van der Waals surface area (Å²) in [5, 5.41) is 8.64. The van der Waals surface area contributed by atoms with Crippen molar-refractivity contribution in [3.8, 4) is 0 Å². The number of nitrogens with one attached hydrogen (secondary N) is 3. The summed E-state index contributed by atoms with van der Waals surface area (Å²) in [6.07, 6.45) is 6.24. The third-order valence-electron chi connectivity index (χ3n) is 7.89. The van der Waals surface area contributed by atoms with E-state index in [2.05, 4.69) is 29.1 Å². The Morgan fingerprint density at radius 3 is 2.06 bits per heavy atom. The van der Waals surface area contributed by atoms with Crippen molar-refractivity contribution in [1.29, 1.82) is 0 Å². The van der Waals surface area contributed by atoms with Crippen LogP contribution in [0.4, 0.5) is 0 Å². The van der Waals surface area contributed by atoms with E-state index < -0.39 is 35.9 Å². The Kier molecular flexibility index (Phi) is 16.3. The largest absolute Gasteiger partial charge is 0.459 e. The summed E-state index contributed by atoms with van der Waals surface area (Å²) in [6.45, 7) is 13.8. The van der Waals surface area contributed by atoms with Gasteiger partial charge in [0, 0.05) is 19.5 Å². The number of carbonyl (C=O) groups is 4. The minimum absolute atomic E-state index is 0.0328. The molecule has 10 nitrogen and oxygen atoms in total. The molecule has 1 fully saturated rings. The number of nitrogens with zero attached hydrogens (tertiary/aromatic N) is 1. The molecule has 3 N–H and O–H groups in total. The maximum atomic E-state index is 13.8. The van der Waals surface area contributed by atoms with Gasteiger partial charge in [-0.15, -0.1) is 0 Å². The van der Waals surface area contributed by atoms with Crippen LogP contribution in [0.1, 0.15) is 37.8 Å². The SMILES string of the molecule is C=C/C=C(\C=C)COC(=O)[C@H](Cc1ccccc1)NC(=O)C(CC(C)C)NC(=O)[C@H](CCc1ccccc1)NC(=O)CN1CCOCC1. The van der Waals surface area contributed by atoms with Gasteiger partial charge in [0.25, 0.3) is 0 Å². The predicted molar refractivity (Wildman–Crippen MR) is 187 cm³/mol. The van der Waals surface area contributed by atoms with E-state index in [9.17, 15) is 19.2 Å². The van der Waals surface area contributed by atoms with Gasteiger partial charge in [0.2, 0.25) is 17.7 Å². The fourth-order valence-electron chi connectivity index (χ4n) is 5.30. The zero-order valence-corrected chi connectivity index (χ0v) is 28.2. The Hall–Kier alpha value is -4.54. The molecule has 3 atom stereocenters. The number of esters is 1. The molecule has 1 unspecified atom stereocenters. The van der Waals surface area contributed by atoms with Crippen LogP contribution in [0.25, 0.3) is 0 Å². The lowest BCUT2D eigenvalue weighted by atomic mass is 10.00. The van der Waals surface area contributed by atoms with Crippen molar-refractivity contribution in [2.45, 2.75) is 57.7 Å². The lowest BCUT2D eigenvalue weighted by Gasteiger charge is -2.28. The molecular weight excluding hydrogens is 608 g/mol. The molecule has 0 aliphatic carbocycles. The Bertz CT molecular complexity index is 1370. The molecule has 1 heterocycles. The number of hydrogen-bond acceptors (Lipinski definition) is 7. The maximum Gasteiger partial charge on any atom is 0.329 e. The van der Waals surface area contributed by atoms with Crippen LogP contribution < -0.4 is 16.0 Å². The van der Waals surface area contributed by atoms with Gasteiger partial charge in [-0.1, -0.05) is 106 Å². The number of ether oxygens (including phenoxy) is 2. The first kappa shape index (κ1) is 37.9. The highest BCUT2D eigenvalue weighted by Crippen LogP contribution is 2.12. The van der Waals surface area contributed by atoms with Crippen LogP contribution in [0, 0.1) is 5.92 Å². The van der Waals surface area contributed by atoms with E-state index in [-0.39, 0.29) is 31.4 Å². The number of amides is 3. The van der Waals surface area contributed by atoms with Crippen molar-refractivity contribution in [3.63, 3.8) is 0 Å². The smallest absolute Gasteiger partial charge is 0.329 e. The number of benzene rings is 2. The average Bonchev–Trinajstić information content (AvgIpc) is 3.08. The second kappa shape index (κ2) is 20.6. The van der Waals surface area contributed by atoms with E-state index in [1.54, 1.807) is 18.2 Å². The summed E-state index contributed by atoms with van der Waals surface area (Å²) in [6, 6.07) is 16.2. The highest BCUT2D eigenvalue weighted by Gasteiger charge is 2.31. The normalized spacial score (nSPS) is 15.4. The van der Waals surface area contributed by atoms with Crippen LogP contribution in [-0.4, -0.2) is 86.2 Å². The lowest BCUT2D eigenvalue weighted by Crippen LogP contribution is -2.57. The summed E-state index contributed by atoms with van der Waals surface area (Å²) in [5.74, 6) is -1.82. The van der Waals surface area contributed by atoms with E-state index in [0.29, 0.717) is 51.1 Å². The van der Waals surface area contributed by atoms with Gasteiger partial charge in [0.15, 0.2) is 0 Å². The monoisotopic (exact) mass is 658 g/mol. The summed E-state index contributed by atoms with van der Waals surface area (Å²) >= 11 is 0. The minimum Gasteiger partial charge on any atom is -0.459 e. The highest BCUT2D eigenvalue weighted by atomic mass is 16.5. The van der Waals surface area contributed by atoms with Gasteiger partial charge in [-0.3, -0.25) is 19.3 Å². The number of aryl methyl sites for hydroxylation is 1. The lowest BCUT2D eigenvalue weighted by molar-refractivity contribution is -0.147. The van der Waals surface area contributed by atoms with E-state index in [0.717, 1.165) is 11.1 Å². The number of rotatable bonds is 19. The van der Waals surface area contributed by atoms with Crippen molar-refractivity contribution in [1.82, 2.24) is 20.9 Å². The fraction of sp³-hybridized carbons (Fsp3) is 0.421.